The van der Waals surface area contributed by atoms with Gasteiger partial charge in [0.1, 0.15) is 0 Å². The van der Waals surface area contributed by atoms with E-state index in [1.807, 2.05) is 6.92 Å². The second-order valence-electron chi connectivity index (χ2n) is 3.15. The Morgan fingerprint density at radius 2 is 2.12 bits per heavy atom. The fraction of sp³-hybridized carbons (Fsp3) is 0.273. The van der Waals surface area contributed by atoms with Gasteiger partial charge in [-0.15, -0.1) is 0 Å². The average molecular weight is 289 g/mol. The Morgan fingerprint density at radius 3 is 2.62 bits per heavy atom. The van der Waals surface area contributed by atoms with Crippen LogP contribution in [0.15, 0.2) is 18.2 Å². The molecule has 0 fully saturated rings. The van der Waals surface area contributed by atoms with Crippen LogP contribution in [0.5, 0.6) is 0 Å². The Bertz CT molecular complexity index is 418. The van der Waals surface area contributed by atoms with Crippen LogP contribution in [-0.4, -0.2) is 17.1 Å². The van der Waals surface area contributed by atoms with Gasteiger partial charge in [0.2, 0.25) is 0 Å². The molecule has 0 spiro atoms. The zero-order valence-corrected chi connectivity index (χ0v) is 10.2. The minimum atomic E-state index is -1.05. The van der Waals surface area contributed by atoms with Crippen molar-refractivity contribution in [1.29, 1.82) is 0 Å². The Morgan fingerprint density at radius 1 is 1.44 bits per heavy atom. The van der Waals surface area contributed by atoms with E-state index in [0.29, 0.717) is 17.5 Å². The number of hydrogen-bond donors (Lipinski definition) is 0. The maximum absolute atomic E-state index is 11.7. The van der Waals surface area contributed by atoms with Crippen LogP contribution in [-0.2, 0) is 11.4 Å². The number of hydrogen-bond acceptors (Lipinski definition) is 3. The summed E-state index contributed by atoms with van der Waals surface area (Å²) in [6, 6.07) is 4.35. The number of aryl methyl sites for hydroxylation is 1. The number of rotatable bonds is 4. The van der Waals surface area contributed by atoms with Gasteiger partial charge in [0.05, 0.1) is 10.9 Å². The maximum Gasteiger partial charge on any atom is 0.379 e. The molecule has 16 heavy (non-hydrogen) atoms. The molecule has 86 valence electrons. The predicted molar refractivity (Wildman–Crippen MR) is 60.5 cm³/mol. The van der Waals surface area contributed by atoms with Crippen molar-refractivity contribution < 1.29 is 19.1 Å². The number of halogens is 2. The highest BCUT2D eigenvalue weighted by molar-refractivity contribution is 9.09. The summed E-state index contributed by atoms with van der Waals surface area (Å²) >= 11 is 3.07. The fourth-order valence-electron chi connectivity index (χ4n) is 1.40. The van der Waals surface area contributed by atoms with Crippen LogP contribution < -0.4 is 0 Å². The molecular weight excluding hydrogens is 279 g/mol. The number of carbonyl (C=O) groups excluding carboxylic acids is 2. The highest BCUT2D eigenvalue weighted by Crippen LogP contribution is 2.15. The predicted octanol–water partition coefficient (Wildman–Crippen LogP) is 2.87. The van der Waals surface area contributed by atoms with E-state index in [9.17, 15) is 14.1 Å². The van der Waals surface area contributed by atoms with Crippen LogP contribution in [0.4, 0.5) is 4.53 Å². The monoisotopic (exact) mass is 288 g/mol. The first-order chi connectivity index (χ1) is 7.63. The molecule has 3 nitrogen and oxygen atoms in total. The van der Waals surface area contributed by atoms with E-state index < -0.39 is 5.97 Å². The second-order valence-corrected chi connectivity index (χ2v) is 3.71. The van der Waals surface area contributed by atoms with Crippen LogP contribution >= 0.6 is 15.9 Å². The van der Waals surface area contributed by atoms with Crippen LogP contribution in [0.25, 0.3) is 0 Å². The zero-order chi connectivity index (χ0) is 12.1. The number of ketones is 1. The summed E-state index contributed by atoms with van der Waals surface area (Å²) in [5.74, 6) is -1.12. The molecule has 0 saturated heterocycles. The van der Waals surface area contributed by atoms with E-state index in [2.05, 4.69) is 20.9 Å². The lowest BCUT2D eigenvalue weighted by atomic mass is 9.99. The Kier molecular flexibility index (Phi) is 4.61. The largest absolute Gasteiger partial charge is 0.379 e. The van der Waals surface area contributed by atoms with Crippen molar-refractivity contribution in [3.63, 3.8) is 0 Å². The molecule has 5 heteroatoms. The lowest BCUT2D eigenvalue weighted by Crippen LogP contribution is -2.07. The van der Waals surface area contributed by atoms with E-state index in [0.717, 1.165) is 0 Å². The molecule has 0 heterocycles. The van der Waals surface area contributed by atoms with Crippen LogP contribution in [0.3, 0.4) is 0 Å². The lowest BCUT2D eigenvalue weighted by molar-refractivity contribution is -0.0788. The topological polar surface area (TPSA) is 43.4 Å². The summed E-state index contributed by atoms with van der Waals surface area (Å²) in [5, 5.41) is 0.215. The summed E-state index contributed by atoms with van der Waals surface area (Å²) in [7, 11) is 0. The van der Waals surface area contributed by atoms with Gasteiger partial charge in [-0.3, -0.25) is 4.79 Å². The van der Waals surface area contributed by atoms with E-state index in [1.165, 1.54) is 18.2 Å². The Hall–Kier alpha value is -1.23. The van der Waals surface area contributed by atoms with E-state index in [4.69, 9.17) is 0 Å². The summed E-state index contributed by atoms with van der Waals surface area (Å²) in [4.78, 5) is 25.6. The molecule has 0 bridgehead atoms. The van der Waals surface area contributed by atoms with Crippen molar-refractivity contribution in [3.8, 4) is 0 Å². The first-order valence-electron chi connectivity index (χ1n) is 4.69. The Balaban J connectivity index is 3.16. The summed E-state index contributed by atoms with van der Waals surface area (Å²) in [6.07, 6.45) is 0.585. The van der Waals surface area contributed by atoms with Gasteiger partial charge in [0.25, 0.3) is 0 Å². The van der Waals surface area contributed by atoms with Gasteiger partial charge in [-0.25, -0.2) is 9.74 Å². The molecule has 0 saturated carbocycles. The van der Waals surface area contributed by atoms with Crippen LogP contribution in [0.2, 0.25) is 0 Å². The third kappa shape index (κ3) is 2.66. The van der Waals surface area contributed by atoms with Crippen molar-refractivity contribution in [2.75, 3.05) is 5.33 Å². The molecule has 0 aliphatic rings. The molecular formula is C11H10BrFO3. The van der Waals surface area contributed by atoms with Gasteiger partial charge in [0.15, 0.2) is 5.78 Å². The van der Waals surface area contributed by atoms with E-state index in [-0.39, 0.29) is 16.7 Å². The molecule has 0 unspecified atom stereocenters. The lowest BCUT2D eigenvalue weighted by Gasteiger charge is -2.06. The molecule has 0 atom stereocenters. The second kappa shape index (κ2) is 5.75. The SMILES string of the molecule is CCc1cc(C(=O)OF)ccc1C(=O)CBr. The molecule has 0 aromatic heterocycles. The van der Waals surface area contributed by atoms with Crippen molar-refractivity contribution >= 4 is 27.7 Å². The molecule has 0 aliphatic carbocycles. The number of benzene rings is 1. The zero-order valence-electron chi connectivity index (χ0n) is 8.63. The minimum absolute atomic E-state index is 0.0722. The van der Waals surface area contributed by atoms with Crippen molar-refractivity contribution in [3.05, 3.63) is 34.9 Å². The molecule has 0 amide bonds. The molecule has 0 aliphatic heterocycles. The fourth-order valence-corrected chi connectivity index (χ4v) is 1.70. The van der Waals surface area contributed by atoms with Crippen molar-refractivity contribution in [2.45, 2.75) is 13.3 Å². The van der Waals surface area contributed by atoms with Gasteiger partial charge in [-0.05, 0) is 24.1 Å². The summed E-state index contributed by atoms with van der Waals surface area (Å²) in [5.41, 5.74) is 1.34. The van der Waals surface area contributed by atoms with Gasteiger partial charge >= 0.3 is 5.97 Å². The molecule has 1 rings (SSSR count). The molecule has 1 aromatic carbocycles. The number of alkyl halides is 1. The molecule has 1 aromatic rings. The van der Waals surface area contributed by atoms with Gasteiger partial charge in [0, 0.05) is 10.1 Å². The summed E-state index contributed by atoms with van der Waals surface area (Å²) in [6.45, 7) is 1.85. The van der Waals surface area contributed by atoms with Crippen LogP contribution in [0.1, 0.15) is 33.2 Å². The quantitative estimate of drug-likeness (QED) is 0.632. The van der Waals surface area contributed by atoms with Crippen LogP contribution in [0, 0.1) is 0 Å². The Labute approximate surface area is 101 Å². The summed E-state index contributed by atoms with van der Waals surface area (Å²) < 4.78 is 11.7. The normalized spacial score (nSPS) is 9.94. The smallest absolute Gasteiger partial charge is 0.293 e. The standard InChI is InChI=1S/C11H10BrFO3/c1-2-7-5-8(11(15)16-13)3-4-9(7)10(14)6-12/h3-5H,2,6H2,1H3. The maximum atomic E-state index is 11.7. The third-order valence-corrected chi connectivity index (χ3v) is 2.72. The highest BCUT2D eigenvalue weighted by atomic mass is 79.9. The third-order valence-electron chi connectivity index (χ3n) is 2.21. The first-order valence-corrected chi connectivity index (χ1v) is 5.81. The number of Topliss-reactive ketones (excluding diaryl/α,β-unsaturated/α-hetero) is 1. The van der Waals surface area contributed by atoms with E-state index >= 15 is 0 Å². The van der Waals surface area contributed by atoms with Crippen molar-refractivity contribution in [2.24, 2.45) is 0 Å². The average Bonchev–Trinajstić information content (AvgIpc) is 2.35. The van der Waals surface area contributed by atoms with Crippen molar-refractivity contribution in [1.82, 2.24) is 0 Å². The first kappa shape index (κ1) is 12.8. The van der Waals surface area contributed by atoms with Gasteiger partial charge in [-0.2, -0.15) is 0 Å². The minimum Gasteiger partial charge on any atom is -0.293 e. The van der Waals surface area contributed by atoms with Gasteiger partial charge < -0.3 is 0 Å². The number of carbonyl (C=O) groups is 2. The van der Waals surface area contributed by atoms with Gasteiger partial charge in [-0.1, -0.05) is 28.9 Å². The molecule has 0 radical (unpaired) electrons. The highest BCUT2D eigenvalue weighted by Gasteiger charge is 2.14. The van der Waals surface area contributed by atoms with E-state index in [1.54, 1.807) is 0 Å². The molecule has 0 N–H and O–H groups in total.